The number of hydrogen-bond donors (Lipinski definition) is 1. The zero-order chi connectivity index (χ0) is 21.3. The van der Waals surface area contributed by atoms with Crippen molar-refractivity contribution in [2.24, 2.45) is 10.2 Å². The number of halogens is 1. The lowest BCUT2D eigenvalue weighted by Gasteiger charge is -1.97. The molecule has 0 saturated carbocycles. The number of rotatable bonds is 5. The van der Waals surface area contributed by atoms with Crippen molar-refractivity contribution < 1.29 is 4.92 Å². The van der Waals surface area contributed by atoms with Crippen LogP contribution in [0, 0.1) is 17.0 Å². The van der Waals surface area contributed by atoms with Gasteiger partial charge in [-0.2, -0.15) is 4.68 Å². The number of aromatic nitrogens is 3. The van der Waals surface area contributed by atoms with Crippen molar-refractivity contribution in [3.63, 3.8) is 0 Å². The summed E-state index contributed by atoms with van der Waals surface area (Å²) in [4.78, 5) is 27.9. The largest absolute Gasteiger partial charge is 0.301 e. The molecule has 30 heavy (non-hydrogen) atoms. The van der Waals surface area contributed by atoms with Crippen LogP contribution in [0.25, 0.3) is 16.4 Å². The molecular weight excluding hydrogens is 472 g/mol. The van der Waals surface area contributed by atoms with Gasteiger partial charge in [0.15, 0.2) is 11.4 Å². The Labute approximate surface area is 182 Å². The molecule has 0 radical (unpaired) electrons. The number of nitrogens with zero attached hydrogens (tertiary/aromatic N) is 5. The van der Waals surface area contributed by atoms with Crippen LogP contribution in [0.15, 0.2) is 73.4 Å². The second kappa shape index (κ2) is 8.13. The van der Waals surface area contributed by atoms with Crippen LogP contribution in [0.3, 0.4) is 0 Å². The zero-order valence-electron chi connectivity index (χ0n) is 15.4. The molecule has 0 amide bonds. The minimum absolute atomic E-state index is 0.0635. The molecule has 0 spiro atoms. The maximum absolute atomic E-state index is 12.8. The molecule has 0 aliphatic heterocycles. The van der Waals surface area contributed by atoms with Gasteiger partial charge in [0.25, 0.3) is 5.69 Å². The molecule has 0 fully saturated rings. The summed E-state index contributed by atoms with van der Waals surface area (Å²) in [5.41, 5.74) is 1.65. The van der Waals surface area contributed by atoms with Gasteiger partial charge >= 0.3 is 5.56 Å². The maximum Gasteiger partial charge on any atom is 0.301 e. The molecule has 0 bridgehead atoms. The van der Waals surface area contributed by atoms with Crippen LogP contribution in [0.1, 0.15) is 5.69 Å². The first kappa shape index (κ1) is 19.9. The molecule has 0 aliphatic rings. The van der Waals surface area contributed by atoms with Gasteiger partial charge in [0.05, 0.1) is 16.3 Å². The van der Waals surface area contributed by atoms with Crippen LogP contribution in [-0.4, -0.2) is 19.7 Å². The summed E-state index contributed by atoms with van der Waals surface area (Å²) in [7, 11) is 0. The summed E-state index contributed by atoms with van der Waals surface area (Å²) in [6.45, 7) is 1.68. The molecule has 4 rings (SSSR count). The lowest BCUT2D eigenvalue weighted by molar-refractivity contribution is -0.384. The van der Waals surface area contributed by atoms with Crippen molar-refractivity contribution in [3.8, 4) is 16.4 Å². The van der Waals surface area contributed by atoms with E-state index in [2.05, 4.69) is 36.2 Å². The van der Waals surface area contributed by atoms with Gasteiger partial charge in [-0.25, -0.2) is 4.98 Å². The third-order valence-corrected chi connectivity index (χ3v) is 5.55. The van der Waals surface area contributed by atoms with Crippen molar-refractivity contribution in [1.29, 1.82) is 0 Å². The van der Waals surface area contributed by atoms with E-state index in [1.165, 1.54) is 34.2 Å². The van der Waals surface area contributed by atoms with Gasteiger partial charge in [0.2, 0.25) is 5.13 Å². The standard InChI is InChI=1S/C19H13BrN6O3S/c1-11-17(23-22-14-4-2-3-5-16(14)26(28)29)18(27)25(24-11)19-21-15(10-30-19)12-6-8-13(20)9-7-12/h2-10,24H,1H3. The fraction of sp³-hybridized carbons (Fsp3) is 0.0526. The first-order chi connectivity index (χ1) is 14.4. The molecule has 0 atom stereocenters. The monoisotopic (exact) mass is 484 g/mol. The molecular formula is C19H13BrN6O3S. The van der Waals surface area contributed by atoms with E-state index in [1.54, 1.807) is 13.0 Å². The topological polar surface area (TPSA) is 119 Å². The van der Waals surface area contributed by atoms with Gasteiger partial charge in [-0.1, -0.05) is 40.2 Å². The number of aromatic amines is 1. The number of aryl methyl sites for hydroxylation is 1. The van der Waals surface area contributed by atoms with Crippen LogP contribution < -0.4 is 5.56 Å². The normalized spacial score (nSPS) is 11.3. The van der Waals surface area contributed by atoms with Crippen molar-refractivity contribution >= 4 is 44.3 Å². The van der Waals surface area contributed by atoms with Crippen LogP contribution in [-0.2, 0) is 0 Å². The Hall–Kier alpha value is -3.44. The van der Waals surface area contributed by atoms with E-state index in [1.807, 2.05) is 29.6 Å². The molecule has 0 unspecified atom stereocenters. The van der Waals surface area contributed by atoms with Gasteiger partial charge in [0.1, 0.15) is 0 Å². The Morgan fingerprint density at radius 1 is 1.17 bits per heavy atom. The lowest BCUT2D eigenvalue weighted by Crippen LogP contribution is -2.13. The summed E-state index contributed by atoms with van der Waals surface area (Å²) in [5.74, 6) is 0. The van der Waals surface area contributed by atoms with E-state index in [-0.39, 0.29) is 17.1 Å². The minimum atomic E-state index is -0.546. The average Bonchev–Trinajstić information content (AvgIpc) is 3.32. The number of para-hydroxylation sites is 1. The second-order valence-corrected chi connectivity index (χ2v) is 7.95. The Kier molecular flexibility index (Phi) is 5.38. The highest BCUT2D eigenvalue weighted by Gasteiger charge is 2.17. The van der Waals surface area contributed by atoms with Crippen LogP contribution >= 0.6 is 27.3 Å². The number of benzene rings is 2. The molecule has 2 aromatic carbocycles. The Morgan fingerprint density at radius 3 is 2.63 bits per heavy atom. The number of nitrogens with one attached hydrogen (secondary N) is 1. The number of H-pyrrole nitrogens is 1. The fourth-order valence-corrected chi connectivity index (χ4v) is 3.77. The molecule has 0 aliphatic carbocycles. The number of thiazole rings is 1. The van der Waals surface area contributed by atoms with Crippen LogP contribution in [0.5, 0.6) is 0 Å². The molecule has 2 aromatic heterocycles. The lowest BCUT2D eigenvalue weighted by atomic mass is 10.2. The van der Waals surface area contributed by atoms with E-state index >= 15 is 0 Å². The fourth-order valence-electron chi connectivity index (χ4n) is 2.72. The summed E-state index contributed by atoms with van der Waals surface area (Å²) in [5, 5.41) is 24.2. The third kappa shape index (κ3) is 3.84. The summed E-state index contributed by atoms with van der Waals surface area (Å²) in [6.07, 6.45) is 0. The second-order valence-electron chi connectivity index (χ2n) is 6.19. The SMILES string of the molecule is Cc1[nH]n(-c2nc(-c3ccc(Br)cc3)cs2)c(=O)c1N=Nc1ccccc1[N+](=O)[O-]. The average molecular weight is 485 g/mol. The number of azo groups is 1. The first-order valence-corrected chi connectivity index (χ1v) is 10.3. The van der Waals surface area contributed by atoms with Crippen molar-refractivity contribution in [3.05, 3.63) is 84.5 Å². The number of hydrogen-bond acceptors (Lipinski definition) is 7. The molecule has 9 nitrogen and oxygen atoms in total. The molecule has 1 N–H and O–H groups in total. The highest BCUT2D eigenvalue weighted by Crippen LogP contribution is 2.29. The molecule has 4 aromatic rings. The summed E-state index contributed by atoms with van der Waals surface area (Å²) >= 11 is 4.71. The predicted octanol–water partition coefficient (Wildman–Crippen LogP) is 5.68. The van der Waals surface area contributed by atoms with Gasteiger partial charge in [-0.15, -0.1) is 21.6 Å². The van der Waals surface area contributed by atoms with Gasteiger partial charge in [-0.3, -0.25) is 20.0 Å². The number of nitro benzene ring substituents is 1. The van der Waals surface area contributed by atoms with Crippen molar-refractivity contribution in [2.75, 3.05) is 0 Å². The molecule has 2 heterocycles. The molecule has 150 valence electrons. The minimum Gasteiger partial charge on any atom is -0.291 e. The Morgan fingerprint density at radius 2 is 1.90 bits per heavy atom. The van der Waals surface area contributed by atoms with Gasteiger partial charge < -0.3 is 0 Å². The molecule has 0 saturated heterocycles. The predicted molar refractivity (Wildman–Crippen MR) is 117 cm³/mol. The van der Waals surface area contributed by atoms with Crippen LogP contribution in [0.4, 0.5) is 17.1 Å². The zero-order valence-corrected chi connectivity index (χ0v) is 17.8. The number of nitro groups is 1. The van der Waals surface area contributed by atoms with Gasteiger partial charge in [0, 0.05) is 21.5 Å². The van der Waals surface area contributed by atoms with Crippen LogP contribution in [0.2, 0.25) is 0 Å². The maximum atomic E-state index is 12.8. The smallest absolute Gasteiger partial charge is 0.291 e. The van der Waals surface area contributed by atoms with Crippen molar-refractivity contribution in [2.45, 2.75) is 6.92 Å². The Balaban J connectivity index is 1.68. The van der Waals surface area contributed by atoms with Crippen molar-refractivity contribution in [1.82, 2.24) is 14.8 Å². The van der Waals surface area contributed by atoms with E-state index in [0.717, 1.165) is 15.7 Å². The highest BCUT2D eigenvalue weighted by atomic mass is 79.9. The summed E-state index contributed by atoms with van der Waals surface area (Å²) < 4.78 is 2.25. The third-order valence-electron chi connectivity index (χ3n) is 4.20. The van der Waals surface area contributed by atoms with E-state index in [4.69, 9.17) is 0 Å². The quantitative estimate of drug-likeness (QED) is 0.222. The van der Waals surface area contributed by atoms with E-state index < -0.39 is 10.5 Å². The highest BCUT2D eigenvalue weighted by molar-refractivity contribution is 9.10. The molecule has 11 heteroatoms. The van der Waals surface area contributed by atoms with E-state index in [9.17, 15) is 14.9 Å². The first-order valence-electron chi connectivity index (χ1n) is 8.62. The summed E-state index contributed by atoms with van der Waals surface area (Å²) in [6, 6.07) is 13.6. The van der Waals surface area contributed by atoms with Gasteiger partial charge in [-0.05, 0) is 25.1 Å². The Bertz CT molecular complexity index is 1320. The van der Waals surface area contributed by atoms with E-state index in [0.29, 0.717) is 10.8 Å².